The summed E-state index contributed by atoms with van der Waals surface area (Å²) in [5.41, 5.74) is 4.53. The molecule has 0 aromatic heterocycles. The fourth-order valence-corrected chi connectivity index (χ4v) is 3.34. The number of halogens is 1. The standard InChI is InChI=1S/C22H14BrNO2/c23-17-10-11-20-18(12-17)19(22(26)24-20)13-21(25)16-8-6-15(7-9-16)14-4-2-1-3-5-14/h1-13H,(H,24,26)/b19-13+. The molecule has 1 aliphatic rings. The van der Waals surface area contributed by atoms with Crippen LogP contribution < -0.4 is 5.32 Å². The van der Waals surface area contributed by atoms with E-state index in [1.165, 1.54) is 6.08 Å². The summed E-state index contributed by atoms with van der Waals surface area (Å²) < 4.78 is 0.860. The number of ketones is 1. The fourth-order valence-electron chi connectivity index (χ4n) is 2.98. The van der Waals surface area contributed by atoms with Crippen molar-refractivity contribution in [3.63, 3.8) is 0 Å². The average molecular weight is 404 g/mol. The second kappa shape index (κ2) is 6.73. The molecule has 126 valence electrons. The zero-order chi connectivity index (χ0) is 18.1. The summed E-state index contributed by atoms with van der Waals surface area (Å²) in [6.45, 7) is 0. The van der Waals surface area contributed by atoms with Gasteiger partial charge >= 0.3 is 0 Å². The van der Waals surface area contributed by atoms with Gasteiger partial charge in [-0.2, -0.15) is 0 Å². The van der Waals surface area contributed by atoms with Gasteiger partial charge in [-0.1, -0.05) is 70.5 Å². The molecule has 3 aromatic carbocycles. The Morgan fingerprint density at radius 3 is 2.31 bits per heavy atom. The number of carbonyl (C=O) groups excluding carboxylic acids is 2. The van der Waals surface area contributed by atoms with E-state index in [1.54, 1.807) is 12.1 Å². The van der Waals surface area contributed by atoms with Gasteiger partial charge in [0.15, 0.2) is 5.78 Å². The van der Waals surface area contributed by atoms with Crippen molar-refractivity contribution < 1.29 is 9.59 Å². The minimum atomic E-state index is -0.257. The molecule has 0 saturated carbocycles. The third-order valence-corrected chi connectivity index (χ3v) is 4.81. The van der Waals surface area contributed by atoms with Gasteiger partial charge in [0.05, 0.1) is 5.57 Å². The quantitative estimate of drug-likeness (QED) is 0.474. The van der Waals surface area contributed by atoms with Crippen LogP contribution in [0.5, 0.6) is 0 Å². The van der Waals surface area contributed by atoms with Crippen molar-refractivity contribution in [3.05, 3.63) is 94.5 Å². The van der Waals surface area contributed by atoms with Gasteiger partial charge in [-0.05, 0) is 35.4 Å². The molecule has 1 amide bonds. The van der Waals surface area contributed by atoms with E-state index in [0.29, 0.717) is 11.1 Å². The van der Waals surface area contributed by atoms with Crippen LogP contribution in [0.4, 0.5) is 5.69 Å². The first-order chi connectivity index (χ1) is 12.6. The first kappa shape index (κ1) is 16.5. The zero-order valence-corrected chi connectivity index (χ0v) is 15.3. The minimum absolute atomic E-state index is 0.192. The molecule has 1 heterocycles. The van der Waals surface area contributed by atoms with E-state index in [4.69, 9.17) is 0 Å². The number of amides is 1. The predicted octanol–water partition coefficient (Wildman–Crippen LogP) is 5.33. The van der Waals surface area contributed by atoms with Gasteiger partial charge < -0.3 is 5.32 Å². The summed E-state index contributed by atoms with van der Waals surface area (Å²) in [6, 6.07) is 22.9. The van der Waals surface area contributed by atoms with Crippen molar-refractivity contribution in [1.29, 1.82) is 0 Å². The summed E-state index contributed by atoms with van der Waals surface area (Å²) in [5.74, 6) is -0.449. The second-order valence-corrected chi connectivity index (χ2v) is 6.93. The predicted molar refractivity (Wildman–Crippen MR) is 107 cm³/mol. The highest BCUT2D eigenvalue weighted by atomic mass is 79.9. The Labute approximate surface area is 159 Å². The van der Waals surface area contributed by atoms with Crippen LogP contribution in [0.25, 0.3) is 16.7 Å². The van der Waals surface area contributed by atoms with Crippen molar-refractivity contribution in [3.8, 4) is 11.1 Å². The molecule has 0 radical (unpaired) electrons. The van der Waals surface area contributed by atoms with Crippen molar-refractivity contribution in [2.75, 3.05) is 5.32 Å². The Kier molecular flexibility index (Phi) is 4.27. The normalized spacial score (nSPS) is 14.2. The smallest absolute Gasteiger partial charge is 0.256 e. The molecule has 1 aliphatic heterocycles. The maximum Gasteiger partial charge on any atom is 0.256 e. The maximum atomic E-state index is 12.6. The highest BCUT2D eigenvalue weighted by Crippen LogP contribution is 2.34. The topological polar surface area (TPSA) is 46.2 Å². The molecule has 0 aliphatic carbocycles. The van der Waals surface area contributed by atoms with Crippen LogP contribution in [-0.4, -0.2) is 11.7 Å². The molecule has 0 saturated heterocycles. The summed E-state index contributed by atoms with van der Waals surface area (Å²) in [5, 5.41) is 2.78. The lowest BCUT2D eigenvalue weighted by molar-refractivity contribution is -0.110. The molecule has 0 fully saturated rings. The number of allylic oxidation sites excluding steroid dienone is 1. The molecule has 26 heavy (non-hydrogen) atoms. The maximum absolute atomic E-state index is 12.6. The number of carbonyl (C=O) groups is 2. The molecule has 0 spiro atoms. The van der Waals surface area contributed by atoms with E-state index in [1.807, 2.05) is 60.7 Å². The molecular formula is C22H14BrNO2. The van der Waals surface area contributed by atoms with Crippen molar-refractivity contribution in [1.82, 2.24) is 0 Å². The molecular weight excluding hydrogens is 390 g/mol. The van der Waals surface area contributed by atoms with Gasteiger partial charge in [0.2, 0.25) is 0 Å². The molecule has 0 unspecified atom stereocenters. The van der Waals surface area contributed by atoms with Gasteiger partial charge in [0.1, 0.15) is 0 Å². The summed E-state index contributed by atoms with van der Waals surface area (Å²) in [4.78, 5) is 24.8. The second-order valence-electron chi connectivity index (χ2n) is 6.01. The summed E-state index contributed by atoms with van der Waals surface area (Å²) in [7, 11) is 0. The number of rotatable bonds is 3. The van der Waals surface area contributed by atoms with Crippen LogP contribution in [-0.2, 0) is 4.79 Å². The zero-order valence-electron chi connectivity index (χ0n) is 13.7. The molecule has 0 bridgehead atoms. The molecule has 3 nitrogen and oxygen atoms in total. The van der Waals surface area contributed by atoms with Crippen LogP contribution in [0, 0.1) is 0 Å². The first-order valence-corrected chi connectivity index (χ1v) is 8.94. The van der Waals surface area contributed by atoms with Gasteiger partial charge in [-0.15, -0.1) is 0 Å². The minimum Gasteiger partial charge on any atom is -0.321 e. The third-order valence-electron chi connectivity index (χ3n) is 4.32. The monoisotopic (exact) mass is 403 g/mol. The van der Waals surface area contributed by atoms with E-state index >= 15 is 0 Å². The SMILES string of the molecule is O=C1Nc2ccc(Br)cc2/C1=C\C(=O)c1ccc(-c2ccccc2)cc1. The van der Waals surface area contributed by atoms with Crippen LogP contribution >= 0.6 is 15.9 Å². The highest BCUT2D eigenvalue weighted by Gasteiger charge is 2.25. The van der Waals surface area contributed by atoms with Crippen molar-refractivity contribution in [2.45, 2.75) is 0 Å². The third kappa shape index (κ3) is 3.11. The van der Waals surface area contributed by atoms with Crippen LogP contribution in [0.1, 0.15) is 15.9 Å². The van der Waals surface area contributed by atoms with Gasteiger partial charge in [-0.3, -0.25) is 9.59 Å². The van der Waals surface area contributed by atoms with E-state index < -0.39 is 0 Å². The summed E-state index contributed by atoms with van der Waals surface area (Å²) in [6.07, 6.45) is 1.41. The number of fused-ring (bicyclic) bond motifs is 1. The fraction of sp³-hybridized carbons (Fsp3) is 0. The molecule has 3 aromatic rings. The number of hydrogen-bond acceptors (Lipinski definition) is 2. The van der Waals surface area contributed by atoms with E-state index in [0.717, 1.165) is 26.9 Å². The molecule has 0 atom stereocenters. The summed E-state index contributed by atoms with van der Waals surface area (Å²) >= 11 is 3.40. The Hall–Kier alpha value is -2.98. The van der Waals surface area contributed by atoms with Gasteiger partial charge in [-0.25, -0.2) is 0 Å². The number of hydrogen-bond donors (Lipinski definition) is 1. The molecule has 4 rings (SSSR count). The Bertz CT molecular complexity index is 1040. The number of benzene rings is 3. The Balaban J connectivity index is 1.64. The Morgan fingerprint density at radius 1 is 0.885 bits per heavy atom. The van der Waals surface area contributed by atoms with Crippen LogP contribution in [0.3, 0.4) is 0 Å². The number of nitrogens with one attached hydrogen (secondary N) is 1. The average Bonchev–Trinajstić information content (AvgIpc) is 2.97. The Morgan fingerprint density at radius 2 is 1.58 bits per heavy atom. The van der Waals surface area contributed by atoms with Crippen LogP contribution in [0.2, 0.25) is 0 Å². The lowest BCUT2D eigenvalue weighted by Crippen LogP contribution is -2.06. The highest BCUT2D eigenvalue weighted by molar-refractivity contribution is 9.10. The van der Waals surface area contributed by atoms with E-state index in [-0.39, 0.29) is 11.7 Å². The van der Waals surface area contributed by atoms with E-state index in [2.05, 4.69) is 21.2 Å². The van der Waals surface area contributed by atoms with Gasteiger partial charge in [0, 0.05) is 21.3 Å². The first-order valence-electron chi connectivity index (χ1n) is 8.14. The van der Waals surface area contributed by atoms with Crippen molar-refractivity contribution in [2.24, 2.45) is 0 Å². The molecule has 4 heteroatoms. The molecule has 1 N–H and O–H groups in total. The van der Waals surface area contributed by atoms with E-state index in [9.17, 15) is 9.59 Å². The largest absolute Gasteiger partial charge is 0.321 e. The van der Waals surface area contributed by atoms with Crippen LogP contribution in [0.15, 0.2) is 83.3 Å². The lowest BCUT2D eigenvalue weighted by atomic mass is 10.00. The number of anilines is 1. The van der Waals surface area contributed by atoms with Crippen molar-refractivity contribution >= 4 is 38.9 Å². The van der Waals surface area contributed by atoms with Gasteiger partial charge in [0.25, 0.3) is 5.91 Å². The lowest BCUT2D eigenvalue weighted by Gasteiger charge is -2.03.